The van der Waals surface area contributed by atoms with Gasteiger partial charge in [0.2, 0.25) is 0 Å². The Morgan fingerprint density at radius 1 is 1.16 bits per heavy atom. The lowest BCUT2D eigenvalue weighted by atomic mass is 10.1. The molecule has 2 aromatic rings. The Labute approximate surface area is 115 Å². The van der Waals surface area contributed by atoms with Gasteiger partial charge in [-0.2, -0.15) is 8.78 Å². The molecule has 0 aliphatic heterocycles. The van der Waals surface area contributed by atoms with E-state index in [4.69, 9.17) is 0 Å². The maximum absolute atomic E-state index is 12.2. The van der Waals surface area contributed by atoms with Crippen LogP contribution in [0.1, 0.15) is 5.56 Å². The number of pyridine rings is 1. The molecule has 1 heterocycles. The molecular weight excluding hydrogens is 266 g/mol. The Morgan fingerprint density at radius 3 is 2.53 bits per heavy atom. The van der Waals surface area contributed by atoms with Crippen molar-refractivity contribution in [2.45, 2.75) is 17.2 Å². The summed E-state index contributed by atoms with van der Waals surface area (Å²) in [6, 6.07) is 9.13. The molecule has 0 unspecified atom stereocenters. The Morgan fingerprint density at radius 2 is 1.89 bits per heavy atom. The highest BCUT2D eigenvalue weighted by Crippen LogP contribution is 2.28. The van der Waals surface area contributed by atoms with Crippen molar-refractivity contribution >= 4 is 11.8 Å². The molecule has 1 aromatic heterocycles. The lowest BCUT2D eigenvalue weighted by Gasteiger charge is -2.06. The van der Waals surface area contributed by atoms with E-state index in [-0.39, 0.29) is 0 Å². The summed E-state index contributed by atoms with van der Waals surface area (Å²) < 4.78 is 24.5. The molecule has 0 bridgehead atoms. The van der Waals surface area contributed by atoms with E-state index in [0.717, 1.165) is 23.2 Å². The number of nitrogens with one attached hydrogen (secondary N) is 1. The monoisotopic (exact) mass is 280 g/mol. The highest BCUT2D eigenvalue weighted by molar-refractivity contribution is 7.99. The molecule has 5 heteroatoms. The molecule has 100 valence electrons. The van der Waals surface area contributed by atoms with Gasteiger partial charge >= 0.3 is 0 Å². The number of thioether (sulfide) groups is 1. The minimum atomic E-state index is -2.38. The lowest BCUT2D eigenvalue weighted by Crippen LogP contribution is -2.05. The third-order valence-electron chi connectivity index (χ3n) is 2.59. The Kier molecular flexibility index (Phi) is 4.87. The van der Waals surface area contributed by atoms with Crippen molar-refractivity contribution < 1.29 is 8.78 Å². The second-order valence-corrected chi connectivity index (χ2v) is 5.08. The van der Waals surface area contributed by atoms with Crippen molar-refractivity contribution in [2.24, 2.45) is 0 Å². The molecule has 19 heavy (non-hydrogen) atoms. The molecule has 1 N–H and O–H groups in total. The fourth-order valence-electron chi connectivity index (χ4n) is 1.78. The summed E-state index contributed by atoms with van der Waals surface area (Å²) in [4.78, 5) is 4.75. The molecule has 0 saturated heterocycles. The molecular formula is C14H14F2N2S. The molecule has 0 aliphatic rings. The van der Waals surface area contributed by atoms with Crippen LogP contribution in [0.3, 0.4) is 0 Å². The Hall–Kier alpha value is -1.46. The first kappa shape index (κ1) is 14.0. The highest BCUT2D eigenvalue weighted by atomic mass is 32.2. The number of hydrogen-bond donors (Lipinski definition) is 1. The molecule has 0 saturated carbocycles. The molecule has 0 atom stereocenters. The van der Waals surface area contributed by atoms with Crippen LogP contribution in [0.2, 0.25) is 0 Å². The lowest BCUT2D eigenvalue weighted by molar-refractivity contribution is 0.252. The molecule has 0 radical (unpaired) electrons. The van der Waals surface area contributed by atoms with Crippen molar-refractivity contribution in [2.75, 3.05) is 7.05 Å². The number of aromatic nitrogens is 1. The SMILES string of the molecule is CNCc1cncc(-c2ccc(SC(F)F)cc2)c1. The number of halogens is 2. The Balaban J connectivity index is 2.19. The minimum Gasteiger partial charge on any atom is -0.316 e. The van der Waals surface area contributed by atoms with E-state index in [1.54, 1.807) is 24.5 Å². The van der Waals surface area contributed by atoms with Gasteiger partial charge in [-0.05, 0) is 36.4 Å². The highest BCUT2D eigenvalue weighted by Gasteiger charge is 2.05. The van der Waals surface area contributed by atoms with Crippen LogP contribution in [0, 0.1) is 0 Å². The summed E-state index contributed by atoms with van der Waals surface area (Å²) >= 11 is 0.555. The quantitative estimate of drug-likeness (QED) is 0.844. The van der Waals surface area contributed by atoms with Crippen LogP contribution in [0.5, 0.6) is 0 Å². The summed E-state index contributed by atoms with van der Waals surface area (Å²) in [5, 5.41) is 3.07. The second kappa shape index (κ2) is 6.63. The average molecular weight is 280 g/mol. The summed E-state index contributed by atoms with van der Waals surface area (Å²) in [5.41, 5.74) is 3.05. The number of alkyl halides is 2. The third-order valence-corrected chi connectivity index (χ3v) is 3.31. The predicted molar refractivity (Wildman–Crippen MR) is 74.3 cm³/mol. The molecule has 2 rings (SSSR count). The van der Waals surface area contributed by atoms with Gasteiger partial charge in [0.15, 0.2) is 0 Å². The van der Waals surface area contributed by atoms with Crippen LogP contribution in [0.4, 0.5) is 8.78 Å². The number of hydrogen-bond acceptors (Lipinski definition) is 3. The van der Waals surface area contributed by atoms with Crippen molar-refractivity contribution in [1.82, 2.24) is 10.3 Å². The average Bonchev–Trinajstić information content (AvgIpc) is 2.40. The number of benzene rings is 1. The van der Waals surface area contributed by atoms with Crippen molar-refractivity contribution in [3.8, 4) is 11.1 Å². The Bertz CT molecular complexity index is 529. The molecule has 0 spiro atoms. The largest absolute Gasteiger partial charge is 0.316 e. The molecule has 0 aliphatic carbocycles. The fourth-order valence-corrected chi connectivity index (χ4v) is 2.27. The van der Waals surface area contributed by atoms with E-state index in [2.05, 4.69) is 10.3 Å². The number of rotatable bonds is 5. The van der Waals surface area contributed by atoms with Gasteiger partial charge in [0.25, 0.3) is 5.76 Å². The van der Waals surface area contributed by atoms with Gasteiger partial charge in [0, 0.05) is 29.4 Å². The van der Waals surface area contributed by atoms with Gasteiger partial charge in [0.05, 0.1) is 0 Å². The number of nitrogens with zero attached hydrogens (tertiary/aromatic N) is 1. The predicted octanol–water partition coefficient (Wildman–Crippen LogP) is 3.78. The van der Waals surface area contributed by atoms with E-state index in [1.165, 1.54) is 0 Å². The second-order valence-electron chi connectivity index (χ2n) is 4.02. The normalized spacial score (nSPS) is 10.9. The zero-order valence-corrected chi connectivity index (χ0v) is 11.3. The molecule has 0 fully saturated rings. The topological polar surface area (TPSA) is 24.9 Å². The zero-order valence-electron chi connectivity index (χ0n) is 10.4. The van der Waals surface area contributed by atoms with Gasteiger partial charge in [-0.25, -0.2) is 0 Å². The van der Waals surface area contributed by atoms with E-state index < -0.39 is 5.76 Å². The van der Waals surface area contributed by atoms with Crippen LogP contribution >= 0.6 is 11.8 Å². The maximum Gasteiger partial charge on any atom is 0.288 e. The van der Waals surface area contributed by atoms with Crippen LogP contribution in [-0.2, 0) is 6.54 Å². The van der Waals surface area contributed by atoms with E-state index in [9.17, 15) is 8.78 Å². The van der Waals surface area contributed by atoms with Gasteiger partial charge in [-0.1, -0.05) is 23.9 Å². The molecule has 2 nitrogen and oxygen atoms in total. The summed E-state index contributed by atoms with van der Waals surface area (Å²) in [6.45, 7) is 0.750. The first-order valence-corrected chi connectivity index (χ1v) is 6.71. The zero-order chi connectivity index (χ0) is 13.7. The van der Waals surface area contributed by atoms with E-state index in [1.807, 2.05) is 25.2 Å². The first-order chi connectivity index (χ1) is 9.19. The smallest absolute Gasteiger partial charge is 0.288 e. The van der Waals surface area contributed by atoms with Crippen LogP contribution in [-0.4, -0.2) is 17.8 Å². The maximum atomic E-state index is 12.2. The van der Waals surface area contributed by atoms with E-state index >= 15 is 0 Å². The van der Waals surface area contributed by atoms with Crippen LogP contribution < -0.4 is 5.32 Å². The van der Waals surface area contributed by atoms with Gasteiger partial charge in [-0.3, -0.25) is 4.98 Å². The van der Waals surface area contributed by atoms with E-state index in [0.29, 0.717) is 16.7 Å². The third kappa shape index (κ3) is 4.01. The van der Waals surface area contributed by atoms with Crippen molar-refractivity contribution in [3.63, 3.8) is 0 Å². The summed E-state index contributed by atoms with van der Waals surface area (Å²) in [7, 11) is 1.88. The van der Waals surface area contributed by atoms with Crippen molar-refractivity contribution in [3.05, 3.63) is 48.3 Å². The van der Waals surface area contributed by atoms with Gasteiger partial charge in [0.1, 0.15) is 0 Å². The van der Waals surface area contributed by atoms with Crippen LogP contribution in [0.15, 0.2) is 47.6 Å². The minimum absolute atomic E-state index is 0.555. The first-order valence-electron chi connectivity index (χ1n) is 5.83. The summed E-state index contributed by atoms with van der Waals surface area (Å²) in [6.07, 6.45) is 3.58. The standard InChI is InChI=1S/C14H14F2N2S/c1-17-7-10-6-12(9-18-8-10)11-2-4-13(5-3-11)19-14(15)16/h2-6,8-9,14,17H,7H2,1H3. The van der Waals surface area contributed by atoms with Gasteiger partial charge < -0.3 is 5.32 Å². The van der Waals surface area contributed by atoms with Crippen LogP contribution in [0.25, 0.3) is 11.1 Å². The molecule has 1 aromatic carbocycles. The fraction of sp³-hybridized carbons (Fsp3) is 0.214. The van der Waals surface area contributed by atoms with Crippen molar-refractivity contribution in [1.29, 1.82) is 0 Å². The molecule has 0 amide bonds. The van der Waals surface area contributed by atoms with Gasteiger partial charge in [-0.15, -0.1) is 0 Å². The summed E-state index contributed by atoms with van der Waals surface area (Å²) in [5.74, 6) is -2.38.